The summed E-state index contributed by atoms with van der Waals surface area (Å²) in [6.45, 7) is 17.6. The second kappa shape index (κ2) is 14.9. The summed E-state index contributed by atoms with van der Waals surface area (Å²) in [5.74, 6) is 2.42. The van der Waals surface area contributed by atoms with Crippen molar-refractivity contribution in [2.45, 2.75) is 144 Å². The lowest BCUT2D eigenvalue weighted by molar-refractivity contribution is -0.142. The van der Waals surface area contributed by atoms with E-state index in [4.69, 9.17) is 14.6 Å². The van der Waals surface area contributed by atoms with Gasteiger partial charge in [0, 0.05) is 5.56 Å². The quantitative estimate of drug-likeness (QED) is 0.171. The van der Waals surface area contributed by atoms with Crippen molar-refractivity contribution in [3.8, 4) is 11.5 Å². The number of ether oxygens (including phenoxy) is 2. The summed E-state index contributed by atoms with van der Waals surface area (Å²) >= 11 is 0. The van der Waals surface area contributed by atoms with Gasteiger partial charge in [-0.3, -0.25) is 9.59 Å². The second-order valence-corrected chi connectivity index (χ2v) is 12.8. The minimum absolute atomic E-state index is 0.130. The summed E-state index contributed by atoms with van der Waals surface area (Å²) in [4.78, 5) is 23.0. The molecule has 0 saturated heterocycles. The Bertz CT molecular complexity index is 934. The zero-order valence-electron chi connectivity index (χ0n) is 25.5. The fourth-order valence-corrected chi connectivity index (χ4v) is 5.79. The van der Waals surface area contributed by atoms with Crippen molar-refractivity contribution in [3.63, 3.8) is 0 Å². The molecule has 0 saturated carbocycles. The molecule has 2 rings (SSSR count). The zero-order valence-corrected chi connectivity index (χ0v) is 25.5. The number of benzene rings is 1. The monoisotopic (exact) mass is 530 g/mol. The van der Waals surface area contributed by atoms with Crippen LogP contribution in [0.1, 0.15) is 134 Å². The maximum atomic E-state index is 12.2. The largest absolute Gasteiger partial charge is 0.487 e. The molecule has 1 aromatic rings. The van der Waals surface area contributed by atoms with E-state index < -0.39 is 11.9 Å². The van der Waals surface area contributed by atoms with E-state index in [1.807, 2.05) is 20.8 Å². The van der Waals surface area contributed by atoms with Gasteiger partial charge in [0.25, 0.3) is 0 Å². The Morgan fingerprint density at radius 2 is 1.45 bits per heavy atom. The van der Waals surface area contributed by atoms with Gasteiger partial charge in [-0.25, -0.2) is 0 Å². The van der Waals surface area contributed by atoms with Gasteiger partial charge in [-0.1, -0.05) is 72.6 Å². The van der Waals surface area contributed by atoms with Gasteiger partial charge < -0.3 is 14.6 Å². The number of hydrogen-bond acceptors (Lipinski definition) is 4. The highest BCUT2D eigenvalue weighted by atomic mass is 16.5. The highest BCUT2D eigenvalue weighted by Gasteiger charge is 2.34. The average Bonchev–Trinajstić information content (AvgIpc) is 2.83. The molecule has 0 radical (unpaired) electrons. The molecule has 1 aliphatic heterocycles. The van der Waals surface area contributed by atoms with E-state index in [2.05, 4.69) is 34.6 Å². The van der Waals surface area contributed by atoms with Crippen LogP contribution in [0.2, 0.25) is 0 Å². The van der Waals surface area contributed by atoms with Crippen LogP contribution in [0.5, 0.6) is 11.5 Å². The molecule has 0 spiro atoms. The van der Waals surface area contributed by atoms with Gasteiger partial charge >= 0.3 is 11.9 Å². The van der Waals surface area contributed by atoms with Crippen LogP contribution in [0.15, 0.2) is 0 Å². The first-order valence-corrected chi connectivity index (χ1v) is 15.1. The number of carboxylic acids is 1. The van der Waals surface area contributed by atoms with Crippen molar-refractivity contribution in [2.24, 2.45) is 17.8 Å². The molecule has 5 heteroatoms. The maximum Gasteiger partial charge on any atom is 0.311 e. The van der Waals surface area contributed by atoms with Crippen LogP contribution < -0.4 is 9.47 Å². The normalized spacial score (nSPS) is 18.6. The lowest BCUT2D eigenvalue weighted by Crippen LogP contribution is -2.37. The van der Waals surface area contributed by atoms with E-state index in [9.17, 15) is 9.59 Å². The zero-order chi connectivity index (χ0) is 28.5. The van der Waals surface area contributed by atoms with Crippen LogP contribution in [0.25, 0.3) is 0 Å². The van der Waals surface area contributed by atoms with Gasteiger partial charge in [0.15, 0.2) is 0 Å². The third kappa shape index (κ3) is 9.93. The Balaban J connectivity index is 1.87. The van der Waals surface area contributed by atoms with Crippen LogP contribution in [-0.2, 0) is 16.0 Å². The van der Waals surface area contributed by atoms with Crippen molar-refractivity contribution in [1.29, 1.82) is 0 Å². The number of aliphatic carboxylic acids is 1. The highest BCUT2D eigenvalue weighted by Crippen LogP contribution is 2.45. The van der Waals surface area contributed by atoms with Gasteiger partial charge in [0.2, 0.25) is 0 Å². The Labute approximate surface area is 232 Å². The Morgan fingerprint density at radius 1 is 0.868 bits per heavy atom. The molecule has 38 heavy (non-hydrogen) atoms. The number of fused-ring (bicyclic) bond motifs is 1. The first-order valence-electron chi connectivity index (χ1n) is 15.1. The predicted octanol–water partition coefficient (Wildman–Crippen LogP) is 8.90. The molecule has 0 aliphatic carbocycles. The number of carbonyl (C=O) groups excluding carboxylic acids is 1. The first-order chi connectivity index (χ1) is 17.8. The summed E-state index contributed by atoms with van der Waals surface area (Å²) in [6, 6.07) is 0. The first kappa shape index (κ1) is 32.2. The number of hydrogen-bond donors (Lipinski definition) is 1. The fraction of sp³-hybridized carbons (Fsp3) is 0.758. The Hall–Kier alpha value is -2.04. The third-order valence-electron chi connectivity index (χ3n) is 8.60. The Kier molecular flexibility index (Phi) is 12.6. The number of carboxylic acid groups (broad SMARTS) is 1. The van der Waals surface area contributed by atoms with E-state index in [0.717, 1.165) is 65.0 Å². The molecule has 0 amide bonds. The van der Waals surface area contributed by atoms with Crippen molar-refractivity contribution < 1.29 is 24.2 Å². The molecular formula is C33H54O5. The van der Waals surface area contributed by atoms with Crippen molar-refractivity contribution >= 4 is 11.9 Å². The molecule has 1 heterocycles. The summed E-state index contributed by atoms with van der Waals surface area (Å²) in [7, 11) is 0. The van der Waals surface area contributed by atoms with Crippen molar-refractivity contribution in [2.75, 3.05) is 0 Å². The lowest BCUT2D eigenvalue weighted by Gasteiger charge is -2.38. The van der Waals surface area contributed by atoms with Crippen LogP contribution in [0.4, 0.5) is 0 Å². The van der Waals surface area contributed by atoms with E-state index in [1.165, 1.54) is 51.4 Å². The molecule has 1 aliphatic rings. The van der Waals surface area contributed by atoms with Crippen molar-refractivity contribution in [3.05, 3.63) is 22.3 Å². The standard InChI is InChI=1S/C33H54O5/c1-22(2)12-9-13-23(3)14-10-15-24(4)16-11-20-33(8)21-19-28-27(7)31(25(5)26(6)32(28)38-33)37-30(36)18-17-29(34)35/h22-24H,9-21H2,1-8H3,(H,34,35)/t23?,24?,33-/m1/s1. The number of carbonyl (C=O) groups is 2. The van der Waals surface area contributed by atoms with Gasteiger partial charge in [-0.15, -0.1) is 0 Å². The van der Waals surface area contributed by atoms with Crippen molar-refractivity contribution in [1.82, 2.24) is 0 Å². The number of esters is 1. The summed E-state index contributed by atoms with van der Waals surface area (Å²) in [5.41, 5.74) is 3.76. The summed E-state index contributed by atoms with van der Waals surface area (Å²) in [5, 5.41) is 8.85. The van der Waals surface area contributed by atoms with Gasteiger partial charge in [0.05, 0.1) is 12.8 Å². The molecule has 1 aromatic carbocycles. The summed E-state index contributed by atoms with van der Waals surface area (Å²) in [6.07, 6.45) is 13.1. The van der Waals surface area contributed by atoms with E-state index >= 15 is 0 Å². The van der Waals surface area contributed by atoms with Gasteiger partial charge in [0.1, 0.15) is 17.1 Å². The van der Waals surface area contributed by atoms with Crippen LogP contribution in [-0.4, -0.2) is 22.6 Å². The van der Waals surface area contributed by atoms with E-state index in [1.54, 1.807) is 0 Å². The van der Waals surface area contributed by atoms with E-state index in [0.29, 0.717) is 5.75 Å². The number of rotatable bonds is 16. The van der Waals surface area contributed by atoms with Crippen LogP contribution in [0.3, 0.4) is 0 Å². The third-order valence-corrected chi connectivity index (χ3v) is 8.60. The molecule has 216 valence electrons. The molecular weight excluding hydrogens is 476 g/mol. The molecule has 3 atom stereocenters. The minimum atomic E-state index is -0.999. The Morgan fingerprint density at radius 3 is 2.03 bits per heavy atom. The average molecular weight is 531 g/mol. The summed E-state index contributed by atoms with van der Waals surface area (Å²) < 4.78 is 12.3. The lowest BCUT2D eigenvalue weighted by atomic mass is 9.83. The van der Waals surface area contributed by atoms with Gasteiger partial charge in [-0.2, -0.15) is 0 Å². The van der Waals surface area contributed by atoms with E-state index in [-0.39, 0.29) is 18.4 Å². The highest BCUT2D eigenvalue weighted by molar-refractivity contribution is 5.79. The SMILES string of the molecule is Cc1c(C)c2c(c(C)c1OC(=O)CCC(=O)O)CC[C@@](C)(CCCC(C)CCCC(C)CCCC(C)C)O2. The fourth-order valence-electron chi connectivity index (χ4n) is 5.79. The molecule has 0 fully saturated rings. The molecule has 0 aromatic heterocycles. The predicted molar refractivity (Wildman–Crippen MR) is 155 cm³/mol. The minimum Gasteiger partial charge on any atom is -0.487 e. The molecule has 0 bridgehead atoms. The molecule has 2 unspecified atom stereocenters. The van der Waals surface area contributed by atoms with Crippen LogP contribution in [0, 0.1) is 38.5 Å². The maximum absolute atomic E-state index is 12.2. The molecule has 5 nitrogen and oxygen atoms in total. The van der Waals surface area contributed by atoms with Gasteiger partial charge in [-0.05, 0) is 87.8 Å². The molecule has 1 N–H and O–H groups in total. The van der Waals surface area contributed by atoms with Crippen LogP contribution >= 0.6 is 0 Å². The smallest absolute Gasteiger partial charge is 0.311 e. The second-order valence-electron chi connectivity index (χ2n) is 12.8. The topological polar surface area (TPSA) is 72.8 Å².